The van der Waals surface area contributed by atoms with Crippen molar-refractivity contribution in [1.29, 1.82) is 0 Å². The fourth-order valence-electron chi connectivity index (χ4n) is 3.75. The monoisotopic (exact) mass is 329 g/mol. The molecule has 1 saturated carbocycles. The molecule has 3 atom stereocenters. The lowest BCUT2D eigenvalue weighted by molar-refractivity contribution is -0.136. The van der Waals surface area contributed by atoms with Crippen molar-refractivity contribution in [2.75, 3.05) is 13.1 Å². The number of nitrogens with two attached hydrogens (primary N) is 1. The summed E-state index contributed by atoms with van der Waals surface area (Å²) in [5, 5.41) is 3.02. The fraction of sp³-hybridized carbons (Fsp3) is 0.579. The van der Waals surface area contributed by atoms with Crippen LogP contribution in [0, 0.1) is 5.92 Å². The van der Waals surface area contributed by atoms with Crippen molar-refractivity contribution in [2.24, 2.45) is 11.7 Å². The van der Waals surface area contributed by atoms with Crippen LogP contribution in [0.4, 0.5) is 0 Å². The van der Waals surface area contributed by atoms with Crippen molar-refractivity contribution in [3.8, 4) is 0 Å². The van der Waals surface area contributed by atoms with E-state index in [1.807, 2.05) is 35.2 Å². The summed E-state index contributed by atoms with van der Waals surface area (Å²) in [7, 11) is 0. The van der Waals surface area contributed by atoms with Gasteiger partial charge in [0.05, 0.1) is 0 Å². The van der Waals surface area contributed by atoms with Crippen molar-refractivity contribution in [2.45, 2.75) is 50.6 Å². The van der Waals surface area contributed by atoms with Crippen LogP contribution in [0.15, 0.2) is 30.3 Å². The summed E-state index contributed by atoms with van der Waals surface area (Å²) in [6.45, 7) is 1.60. The van der Waals surface area contributed by atoms with Crippen LogP contribution < -0.4 is 11.1 Å². The summed E-state index contributed by atoms with van der Waals surface area (Å²) in [5.41, 5.74) is 6.99. The van der Waals surface area contributed by atoms with E-state index in [2.05, 4.69) is 5.32 Å². The number of nitrogens with zero attached hydrogens (tertiary/aromatic N) is 1. The highest BCUT2D eigenvalue weighted by Crippen LogP contribution is 2.24. The summed E-state index contributed by atoms with van der Waals surface area (Å²) in [6.07, 6.45) is 5.08. The molecule has 0 radical (unpaired) electrons. The molecule has 1 heterocycles. The van der Waals surface area contributed by atoms with Crippen molar-refractivity contribution in [3.05, 3.63) is 35.9 Å². The maximum Gasteiger partial charge on any atom is 0.245 e. The van der Waals surface area contributed by atoms with E-state index in [1.54, 1.807) is 0 Å². The number of benzene rings is 1. The van der Waals surface area contributed by atoms with Crippen LogP contribution in [0.3, 0.4) is 0 Å². The Labute approximate surface area is 143 Å². The average molecular weight is 329 g/mol. The van der Waals surface area contributed by atoms with Gasteiger partial charge in [-0.15, -0.1) is 0 Å². The number of likely N-dealkylation sites (tertiary alicyclic amines) is 1. The highest BCUT2D eigenvalue weighted by molar-refractivity contribution is 5.89. The van der Waals surface area contributed by atoms with Crippen molar-refractivity contribution < 1.29 is 9.59 Å². The Hall–Kier alpha value is -1.88. The predicted octanol–water partition coefficient (Wildman–Crippen LogP) is 1.46. The van der Waals surface area contributed by atoms with Gasteiger partial charge in [0.15, 0.2) is 0 Å². The van der Waals surface area contributed by atoms with E-state index in [4.69, 9.17) is 5.73 Å². The molecule has 3 rings (SSSR count). The van der Waals surface area contributed by atoms with E-state index in [-0.39, 0.29) is 23.8 Å². The Kier molecular flexibility index (Phi) is 5.51. The van der Waals surface area contributed by atoms with Crippen LogP contribution in [0.1, 0.15) is 37.7 Å². The summed E-state index contributed by atoms with van der Waals surface area (Å²) in [6, 6.07) is 9.52. The maximum atomic E-state index is 12.9. The molecule has 5 heteroatoms. The van der Waals surface area contributed by atoms with Gasteiger partial charge in [-0.25, -0.2) is 0 Å². The predicted molar refractivity (Wildman–Crippen MR) is 93.2 cm³/mol. The first-order chi connectivity index (χ1) is 11.6. The van der Waals surface area contributed by atoms with Crippen molar-refractivity contribution in [3.63, 3.8) is 0 Å². The zero-order chi connectivity index (χ0) is 16.9. The molecule has 1 saturated heterocycles. The van der Waals surface area contributed by atoms with Crippen LogP contribution in [0.5, 0.6) is 0 Å². The highest BCUT2D eigenvalue weighted by Gasteiger charge is 2.32. The molecule has 0 aromatic heterocycles. The summed E-state index contributed by atoms with van der Waals surface area (Å²) < 4.78 is 0. The number of rotatable bonds is 5. The van der Waals surface area contributed by atoms with Crippen LogP contribution >= 0.6 is 0 Å². The molecule has 130 valence electrons. The number of hydrogen-bond donors (Lipinski definition) is 2. The summed E-state index contributed by atoms with van der Waals surface area (Å²) >= 11 is 0. The average Bonchev–Trinajstić information content (AvgIpc) is 3.26. The number of nitrogens with one attached hydrogen (secondary N) is 1. The Morgan fingerprint density at radius 2 is 1.88 bits per heavy atom. The van der Waals surface area contributed by atoms with Crippen molar-refractivity contribution >= 4 is 11.8 Å². The second-order valence-corrected chi connectivity index (χ2v) is 7.05. The lowest BCUT2D eigenvalue weighted by Gasteiger charge is -2.25. The molecule has 3 unspecified atom stereocenters. The van der Waals surface area contributed by atoms with Gasteiger partial charge in [0, 0.05) is 31.5 Å². The van der Waals surface area contributed by atoms with E-state index in [9.17, 15) is 9.59 Å². The molecular weight excluding hydrogens is 302 g/mol. The molecule has 2 amide bonds. The minimum atomic E-state index is -0.477. The number of carbonyl (C=O) groups excluding carboxylic acids is 2. The SMILES string of the molecule is NC1CCC(C(=O)NC(Cc2ccccc2)C(=O)N2CCCC2)C1. The molecular formula is C19H27N3O2. The molecule has 0 spiro atoms. The highest BCUT2D eigenvalue weighted by atomic mass is 16.2. The molecule has 1 aliphatic carbocycles. The smallest absolute Gasteiger partial charge is 0.245 e. The third kappa shape index (κ3) is 4.15. The minimum absolute atomic E-state index is 0.0172. The topological polar surface area (TPSA) is 75.4 Å². The van der Waals surface area contributed by atoms with Gasteiger partial charge in [0.2, 0.25) is 11.8 Å². The Morgan fingerprint density at radius 1 is 1.17 bits per heavy atom. The molecule has 24 heavy (non-hydrogen) atoms. The second-order valence-electron chi connectivity index (χ2n) is 7.05. The Balaban J connectivity index is 1.68. The summed E-state index contributed by atoms with van der Waals surface area (Å²) in [5.74, 6) is -0.0203. The third-order valence-corrected chi connectivity index (χ3v) is 5.16. The third-order valence-electron chi connectivity index (χ3n) is 5.16. The van der Waals surface area contributed by atoms with E-state index in [0.29, 0.717) is 6.42 Å². The molecule has 2 aliphatic rings. The molecule has 5 nitrogen and oxygen atoms in total. The van der Waals surface area contributed by atoms with Gasteiger partial charge in [0.25, 0.3) is 0 Å². The minimum Gasteiger partial charge on any atom is -0.344 e. The maximum absolute atomic E-state index is 12.9. The zero-order valence-corrected chi connectivity index (χ0v) is 14.1. The standard InChI is InChI=1S/C19H27N3O2/c20-16-9-8-15(13-16)18(23)21-17(12-14-6-2-1-3-7-14)19(24)22-10-4-5-11-22/h1-3,6-7,15-17H,4-5,8-13,20H2,(H,21,23). The van der Waals surface area contributed by atoms with Gasteiger partial charge in [-0.1, -0.05) is 30.3 Å². The van der Waals surface area contributed by atoms with Gasteiger partial charge in [-0.2, -0.15) is 0 Å². The first kappa shape index (κ1) is 17.0. The fourth-order valence-corrected chi connectivity index (χ4v) is 3.75. The Bertz CT molecular complexity index is 569. The van der Waals surface area contributed by atoms with E-state index in [1.165, 1.54) is 0 Å². The van der Waals surface area contributed by atoms with Crippen molar-refractivity contribution in [1.82, 2.24) is 10.2 Å². The lowest BCUT2D eigenvalue weighted by atomic mass is 10.0. The molecule has 1 aromatic rings. The van der Waals surface area contributed by atoms with E-state index in [0.717, 1.165) is 50.8 Å². The first-order valence-electron chi connectivity index (χ1n) is 9.02. The molecule has 1 aliphatic heterocycles. The van der Waals surface area contributed by atoms with Gasteiger partial charge in [-0.05, 0) is 37.7 Å². The van der Waals surface area contributed by atoms with Crippen LogP contribution in [0.2, 0.25) is 0 Å². The molecule has 2 fully saturated rings. The first-order valence-corrected chi connectivity index (χ1v) is 9.02. The summed E-state index contributed by atoms with van der Waals surface area (Å²) in [4.78, 5) is 27.3. The molecule has 1 aromatic carbocycles. The Morgan fingerprint density at radius 3 is 2.50 bits per heavy atom. The lowest BCUT2D eigenvalue weighted by Crippen LogP contribution is -2.50. The van der Waals surface area contributed by atoms with Gasteiger partial charge < -0.3 is 16.0 Å². The van der Waals surface area contributed by atoms with Gasteiger partial charge in [-0.3, -0.25) is 9.59 Å². The van der Waals surface area contributed by atoms with E-state index >= 15 is 0 Å². The largest absolute Gasteiger partial charge is 0.344 e. The van der Waals surface area contributed by atoms with E-state index < -0.39 is 6.04 Å². The van der Waals surface area contributed by atoms with Crippen LogP contribution in [-0.4, -0.2) is 41.9 Å². The normalized spacial score (nSPS) is 24.8. The molecule has 3 N–H and O–H groups in total. The number of amides is 2. The van der Waals surface area contributed by atoms with Crippen LogP contribution in [-0.2, 0) is 16.0 Å². The molecule has 0 bridgehead atoms. The quantitative estimate of drug-likeness (QED) is 0.859. The van der Waals surface area contributed by atoms with Gasteiger partial charge >= 0.3 is 0 Å². The number of hydrogen-bond acceptors (Lipinski definition) is 3. The van der Waals surface area contributed by atoms with Crippen LogP contribution in [0.25, 0.3) is 0 Å². The number of carbonyl (C=O) groups is 2. The zero-order valence-electron chi connectivity index (χ0n) is 14.1. The second kappa shape index (κ2) is 7.79. The van der Waals surface area contributed by atoms with Gasteiger partial charge in [0.1, 0.15) is 6.04 Å².